The van der Waals surface area contributed by atoms with Crippen LogP contribution in [0.4, 0.5) is 0 Å². The van der Waals surface area contributed by atoms with Gasteiger partial charge in [0.05, 0.1) is 0 Å². The van der Waals surface area contributed by atoms with Crippen LogP contribution in [0, 0.1) is 0 Å². The smallest absolute Gasteiger partial charge is 0.295 e. The van der Waals surface area contributed by atoms with Gasteiger partial charge in [-0.2, -0.15) is 0 Å². The van der Waals surface area contributed by atoms with Gasteiger partial charge in [0.15, 0.2) is 0 Å². The highest BCUT2D eigenvalue weighted by molar-refractivity contribution is 6.42. The van der Waals surface area contributed by atoms with Crippen molar-refractivity contribution in [1.29, 1.82) is 0 Å². The number of amides is 2. The number of hydrogen-bond donors (Lipinski definition) is 0. The van der Waals surface area contributed by atoms with Gasteiger partial charge < -0.3 is 9.80 Å². The Morgan fingerprint density at radius 1 is 0.828 bits per heavy atom. The molecule has 0 saturated carbocycles. The predicted molar refractivity (Wildman–Crippen MR) is 115 cm³/mol. The highest BCUT2D eigenvalue weighted by Gasteiger charge is 2.23. The summed E-state index contributed by atoms with van der Waals surface area (Å²) >= 11 is 0. The quantitative estimate of drug-likeness (QED) is 0.551. The summed E-state index contributed by atoms with van der Waals surface area (Å²) in [5.41, 5.74) is 2.95. The third kappa shape index (κ3) is 5.53. The van der Waals surface area contributed by atoms with Crippen molar-refractivity contribution in [2.45, 2.75) is 39.7 Å². The van der Waals surface area contributed by atoms with Crippen LogP contribution in [0.3, 0.4) is 0 Å². The summed E-state index contributed by atoms with van der Waals surface area (Å²) in [4.78, 5) is 40.4. The van der Waals surface area contributed by atoms with E-state index in [0.29, 0.717) is 24.2 Å². The molecule has 29 heavy (non-hydrogen) atoms. The fraction of sp³-hybridized carbons (Fsp3) is 0.375. The van der Waals surface area contributed by atoms with Crippen molar-refractivity contribution in [3.05, 3.63) is 70.8 Å². The van der Waals surface area contributed by atoms with Gasteiger partial charge in [0, 0.05) is 38.3 Å². The van der Waals surface area contributed by atoms with E-state index >= 15 is 0 Å². The molecule has 0 aliphatic carbocycles. The summed E-state index contributed by atoms with van der Waals surface area (Å²) < 4.78 is 0. The van der Waals surface area contributed by atoms with E-state index in [1.165, 1.54) is 9.80 Å². The largest absolute Gasteiger partial charge is 0.345 e. The maximum atomic E-state index is 12.7. The van der Waals surface area contributed by atoms with Gasteiger partial charge >= 0.3 is 0 Å². The number of Topliss-reactive ketones (excluding diaryl/α,β-unsaturated/α-hetero) is 1. The molecule has 0 N–H and O–H groups in total. The Bertz CT molecular complexity index is 876. The Morgan fingerprint density at radius 3 is 1.79 bits per heavy atom. The lowest BCUT2D eigenvalue weighted by molar-refractivity contribution is -0.126. The molecule has 2 amide bonds. The van der Waals surface area contributed by atoms with Crippen LogP contribution < -0.4 is 0 Å². The molecule has 154 valence electrons. The number of hydrogen-bond acceptors (Lipinski definition) is 3. The number of benzene rings is 2. The van der Waals surface area contributed by atoms with Crippen molar-refractivity contribution in [2.24, 2.45) is 0 Å². The van der Waals surface area contributed by atoms with Gasteiger partial charge in [-0.15, -0.1) is 0 Å². The van der Waals surface area contributed by atoms with Crippen molar-refractivity contribution in [1.82, 2.24) is 9.80 Å². The molecule has 2 aromatic rings. The van der Waals surface area contributed by atoms with Crippen molar-refractivity contribution < 1.29 is 14.4 Å². The molecule has 0 unspecified atom stereocenters. The summed E-state index contributed by atoms with van der Waals surface area (Å²) in [6.07, 6.45) is 0. The molecule has 0 saturated heterocycles. The van der Waals surface area contributed by atoms with Gasteiger partial charge in [-0.1, -0.05) is 57.2 Å². The maximum Gasteiger partial charge on any atom is 0.295 e. The minimum Gasteiger partial charge on any atom is -0.345 e. The highest BCUT2D eigenvalue weighted by atomic mass is 16.2. The van der Waals surface area contributed by atoms with Crippen LogP contribution in [0.1, 0.15) is 59.5 Å². The van der Waals surface area contributed by atoms with Crippen LogP contribution in [0.2, 0.25) is 0 Å². The van der Waals surface area contributed by atoms with Crippen molar-refractivity contribution in [3.8, 4) is 0 Å². The molecule has 0 bridgehead atoms. The molecule has 0 heterocycles. The monoisotopic (exact) mass is 394 g/mol. The third-order valence-electron chi connectivity index (χ3n) is 4.86. The summed E-state index contributed by atoms with van der Waals surface area (Å²) in [5, 5.41) is 0. The predicted octanol–water partition coefficient (Wildman–Crippen LogP) is 3.92. The Hall–Kier alpha value is -2.95. The lowest BCUT2D eigenvalue weighted by atomic mass is 9.86. The van der Waals surface area contributed by atoms with Gasteiger partial charge in [-0.25, -0.2) is 0 Å². The number of nitrogens with zero attached hydrogens (tertiary/aromatic N) is 2. The molecule has 5 nitrogen and oxygen atoms in total. The average Bonchev–Trinajstić information content (AvgIpc) is 2.70. The minimum atomic E-state index is -0.524. The van der Waals surface area contributed by atoms with Crippen LogP contribution in [0.25, 0.3) is 0 Å². The normalized spacial score (nSPS) is 11.1. The average molecular weight is 395 g/mol. The first kappa shape index (κ1) is 22.3. The summed E-state index contributed by atoms with van der Waals surface area (Å²) in [5.74, 6) is -1.11. The van der Waals surface area contributed by atoms with Crippen molar-refractivity contribution >= 4 is 17.6 Å². The van der Waals surface area contributed by atoms with Gasteiger partial charge in [0.1, 0.15) is 0 Å². The van der Waals surface area contributed by atoms with Gasteiger partial charge in [0.25, 0.3) is 11.8 Å². The molecule has 0 fully saturated rings. The highest BCUT2D eigenvalue weighted by Crippen LogP contribution is 2.22. The van der Waals surface area contributed by atoms with E-state index in [2.05, 4.69) is 20.8 Å². The Balaban J connectivity index is 2.11. The van der Waals surface area contributed by atoms with Crippen LogP contribution in [-0.2, 0) is 16.8 Å². The first-order chi connectivity index (χ1) is 13.5. The van der Waals surface area contributed by atoms with E-state index in [1.807, 2.05) is 31.2 Å². The first-order valence-corrected chi connectivity index (χ1v) is 9.79. The molecule has 0 spiro atoms. The molecule has 2 aromatic carbocycles. The zero-order chi connectivity index (χ0) is 21.8. The molecule has 0 radical (unpaired) electrons. The number of carbonyl (C=O) groups is 3. The lowest BCUT2D eigenvalue weighted by Gasteiger charge is -2.21. The number of carbonyl (C=O) groups excluding carboxylic acids is 3. The Labute approximate surface area is 173 Å². The van der Waals surface area contributed by atoms with Crippen LogP contribution in [0.15, 0.2) is 48.5 Å². The molecule has 2 rings (SSSR count). The molecular weight excluding hydrogens is 364 g/mol. The van der Waals surface area contributed by atoms with E-state index in [9.17, 15) is 14.4 Å². The molecule has 0 aliphatic heterocycles. The summed E-state index contributed by atoms with van der Waals surface area (Å²) in [7, 11) is 3.40. The topological polar surface area (TPSA) is 57.7 Å². The molecule has 5 heteroatoms. The molecule has 0 aliphatic rings. The van der Waals surface area contributed by atoms with E-state index in [4.69, 9.17) is 0 Å². The number of ketones is 1. The maximum absolute atomic E-state index is 12.7. The second-order valence-electron chi connectivity index (χ2n) is 8.37. The van der Waals surface area contributed by atoms with E-state index in [0.717, 1.165) is 11.1 Å². The lowest BCUT2D eigenvalue weighted by Crippen LogP contribution is -2.36. The van der Waals surface area contributed by atoms with Crippen molar-refractivity contribution in [3.63, 3.8) is 0 Å². The van der Waals surface area contributed by atoms with Crippen LogP contribution in [-0.4, -0.2) is 48.0 Å². The van der Waals surface area contributed by atoms with Gasteiger partial charge in [-0.3, -0.25) is 14.4 Å². The van der Waals surface area contributed by atoms with Crippen molar-refractivity contribution in [2.75, 3.05) is 20.6 Å². The molecule has 0 atom stereocenters. The second kappa shape index (κ2) is 9.03. The van der Waals surface area contributed by atoms with Gasteiger partial charge in [0.2, 0.25) is 5.78 Å². The Kier molecular flexibility index (Phi) is 6.96. The molecular formula is C24H30N2O3. The summed E-state index contributed by atoms with van der Waals surface area (Å²) in [6, 6.07) is 14.3. The van der Waals surface area contributed by atoms with E-state index in [1.54, 1.807) is 38.4 Å². The zero-order valence-corrected chi connectivity index (χ0v) is 18.2. The summed E-state index contributed by atoms with van der Waals surface area (Å²) in [6.45, 7) is 8.89. The Morgan fingerprint density at radius 2 is 1.34 bits per heavy atom. The second-order valence-corrected chi connectivity index (χ2v) is 8.37. The van der Waals surface area contributed by atoms with E-state index < -0.39 is 11.7 Å². The third-order valence-corrected chi connectivity index (χ3v) is 4.86. The van der Waals surface area contributed by atoms with Crippen LogP contribution in [0.5, 0.6) is 0 Å². The zero-order valence-electron chi connectivity index (χ0n) is 18.2. The number of likely N-dealkylation sites (N-methyl/N-ethyl adjacent to an activating group) is 1. The van der Waals surface area contributed by atoms with E-state index in [-0.39, 0.29) is 11.3 Å². The fourth-order valence-corrected chi connectivity index (χ4v) is 2.95. The minimum absolute atomic E-state index is 0.0127. The SMILES string of the molecule is CCN(Cc1ccc(C(=O)N(C)C)cc1)C(=O)C(=O)c1ccc(C(C)(C)C)cc1. The van der Waals surface area contributed by atoms with Gasteiger partial charge in [-0.05, 0) is 35.6 Å². The molecule has 0 aromatic heterocycles. The van der Waals surface area contributed by atoms with Crippen LogP contribution >= 0.6 is 0 Å². The fourth-order valence-electron chi connectivity index (χ4n) is 2.95. The standard InChI is InChI=1S/C24H30N2O3/c1-7-26(16-17-8-10-19(11-9-17)22(28)25(5)6)23(29)21(27)18-12-14-20(15-13-18)24(2,3)4/h8-15H,7,16H2,1-6H3. The first-order valence-electron chi connectivity index (χ1n) is 9.79. The number of rotatable bonds is 6.